The standard InChI is InChI=1S/C4H9O4Si/c5-1-2-6-9-7-3-4-8-9/h5H,1-4H2/q-1. The lowest BCUT2D eigenvalue weighted by atomic mass is 10.8. The minimum atomic E-state index is -1.43. The van der Waals surface area contributed by atoms with E-state index in [0.717, 1.165) is 0 Å². The van der Waals surface area contributed by atoms with Crippen molar-refractivity contribution in [1.29, 1.82) is 0 Å². The van der Waals surface area contributed by atoms with E-state index in [9.17, 15) is 0 Å². The molecule has 1 heterocycles. The maximum atomic E-state index is 8.31. The lowest BCUT2D eigenvalue weighted by Crippen LogP contribution is -2.21. The molecule has 1 aliphatic rings. The van der Waals surface area contributed by atoms with Crippen LogP contribution in [0.25, 0.3) is 0 Å². The van der Waals surface area contributed by atoms with Crippen LogP contribution in [0.2, 0.25) is 0 Å². The van der Waals surface area contributed by atoms with Gasteiger partial charge in [-0.05, 0) is 0 Å². The monoisotopic (exact) mass is 149 g/mol. The van der Waals surface area contributed by atoms with Crippen LogP contribution in [0.1, 0.15) is 0 Å². The van der Waals surface area contributed by atoms with Gasteiger partial charge >= 0.3 is 0 Å². The molecule has 5 heteroatoms. The van der Waals surface area contributed by atoms with E-state index in [1.807, 2.05) is 0 Å². The summed E-state index contributed by atoms with van der Waals surface area (Å²) in [7, 11) is -1.43. The Morgan fingerprint density at radius 3 is 2.67 bits per heavy atom. The number of aliphatic hydroxyl groups is 1. The minimum Gasteiger partial charge on any atom is -0.540 e. The summed E-state index contributed by atoms with van der Waals surface area (Å²) in [4.78, 5) is 0. The van der Waals surface area contributed by atoms with E-state index in [0.29, 0.717) is 19.8 Å². The molecule has 0 bridgehead atoms. The smallest absolute Gasteiger partial charge is 0.215 e. The van der Waals surface area contributed by atoms with E-state index in [1.165, 1.54) is 0 Å². The van der Waals surface area contributed by atoms with E-state index in [4.69, 9.17) is 18.4 Å². The molecule has 1 saturated heterocycles. The summed E-state index contributed by atoms with van der Waals surface area (Å²) < 4.78 is 15.0. The average Bonchev–Trinajstić information content (AvgIpc) is 2.34. The maximum absolute atomic E-state index is 8.31. The van der Waals surface area contributed by atoms with Crippen LogP contribution in [-0.2, 0) is 13.3 Å². The Bertz CT molecular complexity index is 73.0. The van der Waals surface area contributed by atoms with Gasteiger partial charge in [-0.2, -0.15) is 0 Å². The van der Waals surface area contributed by atoms with E-state index in [-0.39, 0.29) is 6.61 Å². The summed E-state index contributed by atoms with van der Waals surface area (Å²) in [6, 6.07) is 0. The topological polar surface area (TPSA) is 47.9 Å². The zero-order chi connectivity index (χ0) is 6.53. The van der Waals surface area contributed by atoms with E-state index >= 15 is 0 Å². The van der Waals surface area contributed by atoms with Gasteiger partial charge in [0.05, 0.1) is 6.61 Å². The second kappa shape index (κ2) is 3.97. The van der Waals surface area contributed by atoms with Gasteiger partial charge in [-0.25, -0.2) is 0 Å². The van der Waals surface area contributed by atoms with Crippen molar-refractivity contribution in [3.63, 3.8) is 0 Å². The third-order valence-corrected chi connectivity index (χ3v) is 2.15. The molecule has 0 spiro atoms. The van der Waals surface area contributed by atoms with Crippen molar-refractivity contribution in [1.82, 2.24) is 0 Å². The summed E-state index contributed by atoms with van der Waals surface area (Å²) in [6.07, 6.45) is 0. The lowest BCUT2D eigenvalue weighted by Gasteiger charge is -2.20. The van der Waals surface area contributed by atoms with Gasteiger partial charge in [-0.1, -0.05) is 0 Å². The molecule has 4 nitrogen and oxygen atoms in total. The molecule has 0 saturated carbocycles. The van der Waals surface area contributed by atoms with Crippen molar-refractivity contribution in [2.24, 2.45) is 0 Å². The van der Waals surface area contributed by atoms with Gasteiger partial charge in [0.2, 0.25) is 9.53 Å². The highest BCUT2D eigenvalue weighted by Crippen LogP contribution is 1.98. The molecule has 0 aromatic rings. The van der Waals surface area contributed by atoms with Crippen molar-refractivity contribution < 1.29 is 18.4 Å². The van der Waals surface area contributed by atoms with Crippen LogP contribution in [0.15, 0.2) is 0 Å². The van der Waals surface area contributed by atoms with Crippen molar-refractivity contribution in [2.45, 2.75) is 0 Å². The van der Waals surface area contributed by atoms with Crippen molar-refractivity contribution in [3.05, 3.63) is 0 Å². The molecule has 0 aromatic heterocycles. The van der Waals surface area contributed by atoms with Crippen LogP contribution in [0.4, 0.5) is 0 Å². The first-order chi connectivity index (χ1) is 4.43. The highest BCUT2D eigenvalue weighted by molar-refractivity contribution is 6.36. The van der Waals surface area contributed by atoms with Gasteiger partial charge < -0.3 is 18.4 Å². The van der Waals surface area contributed by atoms with Crippen molar-refractivity contribution in [2.75, 3.05) is 26.4 Å². The van der Waals surface area contributed by atoms with Gasteiger partial charge in [0.15, 0.2) is 0 Å². The van der Waals surface area contributed by atoms with Crippen LogP contribution in [0, 0.1) is 0 Å². The summed E-state index contributed by atoms with van der Waals surface area (Å²) in [5.41, 5.74) is 0. The molecular weight excluding hydrogens is 140 g/mol. The summed E-state index contributed by atoms with van der Waals surface area (Å²) in [6.45, 7) is 1.59. The zero-order valence-corrected chi connectivity index (χ0v) is 6.00. The number of rotatable bonds is 3. The fourth-order valence-electron chi connectivity index (χ4n) is 0.504. The van der Waals surface area contributed by atoms with E-state index in [1.54, 1.807) is 0 Å². The molecule has 0 unspecified atom stereocenters. The molecule has 0 amide bonds. The fourth-order valence-corrected chi connectivity index (χ4v) is 1.51. The van der Waals surface area contributed by atoms with E-state index < -0.39 is 9.53 Å². The Balaban J connectivity index is 1.98. The number of hydrogen-bond donors (Lipinski definition) is 1. The summed E-state index contributed by atoms with van der Waals surface area (Å²) in [5, 5.41) is 8.31. The van der Waals surface area contributed by atoms with Crippen LogP contribution in [0.5, 0.6) is 0 Å². The van der Waals surface area contributed by atoms with Gasteiger partial charge in [0.25, 0.3) is 0 Å². The molecule has 0 atom stereocenters. The van der Waals surface area contributed by atoms with Gasteiger partial charge in [-0.15, -0.1) is 0 Å². The second-order valence-electron chi connectivity index (χ2n) is 1.52. The third kappa shape index (κ3) is 2.42. The molecule has 1 N–H and O–H groups in total. The number of hydrogen-bond acceptors (Lipinski definition) is 4. The lowest BCUT2D eigenvalue weighted by molar-refractivity contribution is 0.137. The Morgan fingerprint density at radius 1 is 1.44 bits per heavy atom. The average molecular weight is 149 g/mol. The predicted molar refractivity (Wildman–Crippen MR) is 30.7 cm³/mol. The third-order valence-electron chi connectivity index (χ3n) is 0.834. The van der Waals surface area contributed by atoms with Crippen LogP contribution in [0.3, 0.4) is 0 Å². The number of aliphatic hydroxyl groups excluding tert-OH is 1. The summed E-state index contributed by atoms with van der Waals surface area (Å²) >= 11 is 0. The quantitative estimate of drug-likeness (QED) is 0.524. The van der Waals surface area contributed by atoms with Crippen LogP contribution in [-0.4, -0.2) is 41.1 Å². The zero-order valence-electron chi connectivity index (χ0n) is 5.00. The molecular formula is C4H9O4Si-. The van der Waals surface area contributed by atoms with Gasteiger partial charge in [-0.3, -0.25) is 0 Å². The molecule has 1 fully saturated rings. The molecule has 1 rings (SSSR count). The SMILES string of the molecule is OCCO[Si-]1OCCO1. The Labute approximate surface area is 55.3 Å². The predicted octanol–water partition coefficient (Wildman–Crippen LogP) is -0.973. The summed E-state index contributed by atoms with van der Waals surface area (Å²) in [5.74, 6) is 0. The van der Waals surface area contributed by atoms with Gasteiger partial charge in [0.1, 0.15) is 0 Å². The highest BCUT2D eigenvalue weighted by atomic mass is 28.3. The molecule has 0 aliphatic carbocycles. The maximum Gasteiger partial charge on any atom is 0.215 e. The molecule has 1 aliphatic heterocycles. The van der Waals surface area contributed by atoms with Crippen molar-refractivity contribution >= 4 is 9.53 Å². The first-order valence-electron chi connectivity index (χ1n) is 2.79. The molecule has 0 aromatic carbocycles. The van der Waals surface area contributed by atoms with Crippen LogP contribution < -0.4 is 0 Å². The first kappa shape index (κ1) is 7.17. The highest BCUT2D eigenvalue weighted by Gasteiger charge is 2.03. The van der Waals surface area contributed by atoms with Crippen LogP contribution >= 0.6 is 0 Å². The van der Waals surface area contributed by atoms with E-state index in [2.05, 4.69) is 0 Å². The molecule has 0 radical (unpaired) electrons. The Morgan fingerprint density at radius 2 is 2.11 bits per heavy atom. The largest absolute Gasteiger partial charge is 0.540 e. The van der Waals surface area contributed by atoms with Gasteiger partial charge in [0, 0.05) is 19.8 Å². The normalized spacial score (nSPS) is 21.0. The molecule has 9 heavy (non-hydrogen) atoms. The Hall–Kier alpha value is 0.0569. The fraction of sp³-hybridized carbons (Fsp3) is 1.00. The second-order valence-corrected chi connectivity index (χ2v) is 2.89. The first-order valence-corrected chi connectivity index (χ1v) is 4.02. The minimum absolute atomic E-state index is 0.0287. The molecule has 54 valence electrons. The van der Waals surface area contributed by atoms with Crippen molar-refractivity contribution in [3.8, 4) is 0 Å². The Kier molecular flexibility index (Phi) is 3.16.